The van der Waals surface area contributed by atoms with Crippen LogP contribution in [0.5, 0.6) is 0 Å². The Kier molecular flexibility index (Phi) is 6.23. The predicted octanol–water partition coefficient (Wildman–Crippen LogP) is 5.83. The fourth-order valence-corrected chi connectivity index (χ4v) is 4.96. The lowest BCUT2D eigenvalue weighted by molar-refractivity contribution is -0.317. The summed E-state index contributed by atoms with van der Waals surface area (Å²) in [5.41, 5.74) is -8.91. The first-order valence-electron chi connectivity index (χ1n) is 9.38. The first-order valence-corrected chi connectivity index (χ1v) is 9.75. The van der Waals surface area contributed by atoms with Gasteiger partial charge in [-0.3, -0.25) is 4.79 Å². The van der Waals surface area contributed by atoms with E-state index in [1.54, 1.807) is 0 Å². The molecule has 0 radical (unpaired) electrons. The maximum Gasteiger partial charge on any atom is 0.424 e. The molecule has 2 fully saturated rings. The summed E-state index contributed by atoms with van der Waals surface area (Å²) in [4.78, 5) is 12.4. The van der Waals surface area contributed by atoms with Gasteiger partial charge in [-0.15, -0.1) is 0 Å². The van der Waals surface area contributed by atoms with Crippen LogP contribution in [-0.2, 0) is 9.53 Å². The molecule has 2 saturated carbocycles. The Balaban J connectivity index is 2.28. The van der Waals surface area contributed by atoms with E-state index < -0.39 is 65.0 Å². The first-order chi connectivity index (χ1) is 13.2. The molecule has 0 aromatic heterocycles. The number of fused-ring (bicyclic) bond motifs is 2. The summed E-state index contributed by atoms with van der Waals surface area (Å²) in [7, 11) is 0. The third-order valence-corrected chi connectivity index (χ3v) is 7.19. The number of hydrogen-bond acceptors (Lipinski definition) is 3. The zero-order chi connectivity index (χ0) is 23.6. The maximum atomic E-state index is 13.5. The Morgan fingerprint density at radius 3 is 2.00 bits per heavy atom. The van der Waals surface area contributed by atoms with Gasteiger partial charge in [0.1, 0.15) is 5.60 Å². The molecule has 2 bridgehead atoms. The molecule has 0 saturated heterocycles. The molecule has 2 rings (SSSR count). The Labute approximate surface area is 173 Å². The zero-order valence-corrected chi connectivity index (χ0v) is 17.2. The van der Waals surface area contributed by atoms with Crippen LogP contribution in [0.3, 0.4) is 0 Å². The van der Waals surface area contributed by atoms with Crippen LogP contribution >= 0.6 is 11.6 Å². The number of carbonyl (C=O) groups excluding carboxylic acids is 1. The number of alkyl halides is 9. The van der Waals surface area contributed by atoms with Gasteiger partial charge in [-0.05, 0) is 69.4 Å². The van der Waals surface area contributed by atoms with E-state index in [-0.39, 0.29) is 25.2 Å². The van der Waals surface area contributed by atoms with Crippen molar-refractivity contribution in [3.8, 4) is 0 Å². The number of aliphatic hydroxyl groups is 1. The topological polar surface area (TPSA) is 46.5 Å². The van der Waals surface area contributed by atoms with Crippen LogP contribution in [-0.4, -0.2) is 40.0 Å². The Bertz CT molecular complexity index is 660. The second-order valence-electron chi connectivity index (χ2n) is 8.85. The third kappa shape index (κ3) is 4.00. The highest BCUT2D eigenvalue weighted by atomic mass is 35.5. The van der Waals surface area contributed by atoms with Crippen molar-refractivity contribution in [1.82, 2.24) is 0 Å². The molecule has 30 heavy (non-hydrogen) atoms. The van der Waals surface area contributed by atoms with E-state index in [0.717, 1.165) is 6.92 Å². The molecule has 1 N–H and O–H groups in total. The van der Waals surface area contributed by atoms with E-state index in [0.29, 0.717) is 6.92 Å². The van der Waals surface area contributed by atoms with Crippen molar-refractivity contribution in [3.63, 3.8) is 0 Å². The SMILES string of the molecule is CCC(C)(C(=O)OC1(C)CC2CC(CC(O)(C(F)(F)F)C(F)(F)Cl)C1C2)C(F)(F)F. The normalized spacial score (nSPS) is 33.8. The summed E-state index contributed by atoms with van der Waals surface area (Å²) in [6.45, 7) is 3.10. The molecule has 0 heterocycles. The van der Waals surface area contributed by atoms with Gasteiger partial charge in [-0.2, -0.15) is 35.1 Å². The van der Waals surface area contributed by atoms with Crippen LogP contribution in [0, 0.1) is 23.2 Å². The summed E-state index contributed by atoms with van der Waals surface area (Å²) >= 11 is 4.58. The van der Waals surface area contributed by atoms with E-state index in [1.165, 1.54) is 6.92 Å². The minimum Gasteiger partial charge on any atom is -0.458 e. The molecule has 0 aliphatic heterocycles. The van der Waals surface area contributed by atoms with Crippen LogP contribution in [0.4, 0.5) is 35.1 Å². The standard InChI is InChI=1S/C18H23ClF8O3/c1-4-13(2,17(22,23)24)12(28)30-14(3)7-9-5-10(11(14)6-9)8-15(29,16(19,20)21)18(25,26)27/h9-11,29H,4-8H2,1-3H3. The average Bonchev–Trinajstić information content (AvgIpc) is 3.06. The molecule has 2 aliphatic carbocycles. The number of esters is 1. The maximum absolute atomic E-state index is 13.5. The monoisotopic (exact) mass is 474 g/mol. The van der Waals surface area contributed by atoms with Gasteiger partial charge >= 0.3 is 23.7 Å². The van der Waals surface area contributed by atoms with Crippen LogP contribution in [0.25, 0.3) is 0 Å². The minimum atomic E-state index is -5.75. The Hall–Kier alpha value is -0.840. The van der Waals surface area contributed by atoms with Gasteiger partial charge in [0, 0.05) is 5.92 Å². The van der Waals surface area contributed by atoms with Crippen LogP contribution in [0.2, 0.25) is 0 Å². The van der Waals surface area contributed by atoms with Gasteiger partial charge in [0.15, 0.2) is 5.41 Å². The highest BCUT2D eigenvalue weighted by molar-refractivity contribution is 6.22. The van der Waals surface area contributed by atoms with Gasteiger partial charge in [0.05, 0.1) is 0 Å². The van der Waals surface area contributed by atoms with E-state index in [9.17, 15) is 45.0 Å². The molecule has 6 unspecified atom stereocenters. The smallest absolute Gasteiger partial charge is 0.424 e. The Morgan fingerprint density at radius 1 is 1.10 bits per heavy atom. The zero-order valence-electron chi connectivity index (χ0n) is 16.4. The first kappa shape index (κ1) is 25.4. The van der Waals surface area contributed by atoms with Crippen molar-refractivity contribution in [2.45, 2.75) is 81.8 Å². The average molecular weight is 475 g/mol. The molecule has 2 aliphatic rings. The summed E-state index contributed by atoms with van der Waals surface area (Å²) in [5, 5.41) is 4.72. The van der Waals surface area contributed by atoms with Crippen molar-refractivity contribution in [1.29, 1.82) is 0 Å². The fourth-order valence-electron chi connectivity index (χ4n) is 4.78. The molecule has 0 amide bonds. The van der Waals surface area contributed by atoms with Crippen molar-refractivity contribution in [3.05, 3.63) is 0 Å². The van der Waals surface area contributed by atoms with Gasteiger partial charge < -0.3 is 9.84 Å². The molecular weight excluding hydrogens is 452 g/mol. The lowest BCUT2D eigenvalue weighted by atomic mass is 9.73. The Morgan fingerprint density at radius 2 is 1.63 bits per heavy atom. The third-order valence-electron chi connectivity index (χ3n) is 6.88. The van der Waals surface area contributed by atoms with Crippen LogP contribution < -0.4 is 0 Å². The molecule has 3 nitrogen and oxygen atoms in total. The lowest BCUT2D eigenvalue weighted by Gasteiger charge is -2.43. The number of hydrogen-bond donors (Lipinski definition) is 1. The van der Waals surface area contributed by atoms with Crippen LogP contribution in [0.1, 0.15) is 52.9 Å². The number of halogens is 9. The van der Waals surface area contributed by atoms with Crippen molar-refractivity contribution in [2.24, 2.45) is 23.2 Å². The fraction of sp³-hybridized carbons (Fsp3) is 0.944. The summed E-state index contributed by atoms with van der Waals surface area (Å²) in [6.07, 6.45) is -12.4. The number of carbonyl (C=O) groups is 1. The molecule has 12 heteroatoms. The van der Waals surface area contributed by atoms with Crippen molar-refractivity contribution in [2.75, 3.05) is 0 Å². The van der Waals surface area contributed by atoms with Crippen molar-refractivity contribution >= 4 is 17.6 Å². The van der Waals surface area contributed by atoms with E-state index in [2.05, 4.69) is 11.6 Å². The van der Waals surface area contributed by atoms with E-state index >= 15 is 0 Å². The second-order valence-corrected chi connectivity index (χ2v) is 9.33. The molecule has 176 valence electrons. The highest BCUT2D eigenvalue weighted by Gasteiger charge is 2.71. The van der Waals surface area contributed by atoms with Gasteiger partial charge in [0.2, 0.25) is 5.60 Å². The largest absolute Gasteiger partial charge is 0.458 e. The minimum absolute atomic E-state index is 0.0352. The summed E-state index contributed by atoms with van der Waals surface area (Å²) in [6, 6.07) is 0. The van der Waals surface area contributed by atoms with Gasteiger partial charge in [-0.25, -0.2) is 0 Å². The van der Waals surface area contributed by atoms with Crippen molar-refractivity contribution < 1.29 is 49.8 Å². The summed E-state index contributed by atoms with van der Waals surface area (Å²) < 4.78 is 112. The molecule has 6 atom stereocenters. The van der Waals surface area contributed by atoms with Crippen LogP contribution in [0.15, 0.2) is 0 Å². The molecule has 0 spiro atoms. The van der Waals surface area contributed by atoms with Gasteiger partial charge in [0.25, 0.3) is 0 Å². The number of ether oxygens (including phenoxy) is 1. The van der Waals surface area contributed by atoms with Gasteiger partial charge in [-0.1, -0.05) is 6.92 Å². The molecule has 0 aromatic carbocycles. The quantitative estimate of drug-likeness (QED) is 0.299. The molecule has 0 aromatic rings. The molecular formula is C18H23ClF8O3. The van der Waals surface area contributed by atoms with E-state index in [4.69, 9.17) is 4.74 Å². The number of rotatable bonds is 6. The highest BCUT2D eigenvalue weighted by Crippen LogP contribution is 2.60. The lowest BCUT2D eigenvalue weighted by Crippen LogP contribution is -2.58. The summed E-state index contributed by atoms with van der Waals surface area (Å²) in [5.74, 6) is -4.00. The predicted molar refractivity (Wildman–Crippen MR) is 89.7 cm³/mol. The van der Waals surface area contributed by atoms with E-state index in [1.807, 2.05) is 0 Å². The second kappa shape index (κ2) is 7.35.